The Balaban J connectivity index is 3.48. The van der Waals surface area contributed by atoms with Crippen LogP contribution in [-0.2, 0) is 15.6 Å². The summed E-state index contributed by atoms with van der Waals surface area (Å²) in [5.41, 5.74) is 8.89. The van der Waals surface area contributed by atoms with E-state index in [-0.39, 0.29) is 10.8 Å². The number of ether oxygens (including phenoxy) is 1. The van der Waals surface area contributed by atoms with Gasteiger partial charge in [0.05, 0.1) is 0 Å². The molecule has 3 nitrogen and oxygen atoms in total. The Morgan fingerprint density at radius 2 is 1.50 bits per heavy atom. The monoisotopic (exact) mass is 332 g/mol. The molecule has 1 N–H and O–H groups in total. The van der Waals surface area contributed by atoms with Gasteiger partial charge in [-0.1, -0.05) is 60.6 Å². The lowest BCUT2D eigenvalue weighted by Crippen LogP contribution is -2.42. The Morgan fingerprint density at radius 1 is 0.958 bits per heavy atom. The third kappa shape index (κ3) is 4.12. The summed E-state index contributed by atoms with van der Waals surface area (Å²) < 4.78 is 6.10. The van der Waals surface area contributed by atoms with Gasteiger partial charge in [-0.05, 0) is 48.6 Å². The molecule has 1 atom stereocenters. The van der Waals surface area contributed by atoms with Crippen molar-refractivity contribution in [3.63, 3.8) is 0 Å². The van der Waals surface area contributed by atoms with E-state index < -0.39 is 11.5 Å². The molecule has 1 amide bonds. The van der Waals surface area contributed by atoms with E-state index in [4.69, 9.17) is 10.5 Å². The van der Waals surface area contributed by atoms with Gasteiger partial charge in [-0.3, -0.25) is 10.5 Å². The van der Waals surface area contributed by atoms with Gasteiger partial charge in [0.1, 0.15) is 5.75 Å². The number of hydrogen-bond acceptors (Lipinski definition) is 2. The van der Waals surface area contributed by atoms with E-state index >= 15 is 0 Å². The molecule has 1 aromatic carbocycles. The fourth-order valence-corrected chi connectivity index (χ4v) is 2.49. The molecule has 0 bridgehead atoms. The molecule has 0 saturated carbocycles. The standard InChI is InChI=1S/C21H34NO2/c1-9-19(4,5)15-12-13-17(16(14-15)20(6,7)10-2)24-21(8,11-3)18(22)23/h12-14,22H,9-11H2,1-8H3. The average molecular weight is 333 g/mol. The predicted octanol–water partition coefficient (Wildman–Crippen LogP) is 5.42. The van der Waals surface area contributed by atoms with Crippen molar-refractivity contribution < 1.29 is 9.53 Å². The zero-order valence-electron chi connectivity index (χ0n) is 16.7. The van der Waals surface area contributed by atoms with Crippen LogP contribution in [0, 0.1) is 0 Å². The summed E-state index contributed by atoms with van der Waals surface area (Å²) in [5.74, 6) is 0.0469. The highest BCUT2D eigenvalue weighted by molar-refractivity contribution is 5.82. The van der Waals surface area contributed by atoms with Gasteiger partial charge in [-0.25, -0.2) is 0 Å². The predicted molar refractivity (Wildman–Crippen MR) is 101 cm³/mol. The highest BCUT2D eigenvalue weighted by Crippen LogP contribution is 2.39. The van der Waals surface area contributed by atoms with Gasteiger partial charge in [-0.15, -0.1) is 0 Å². The fraction of sp³-hybridized carbons (Fsp3) is 0.667. The zero-order valence-corrected chi connectivity index (χ0v) is 16.7. The number of carbonyl (C=O) groups excluding carboxylic acids is 1. The molecule has 1 radical (unpaired) electrons. The van der Waals surface area contributed by atoms with Gasteiger partial charge in [0.2, 0.25) is 0 Å². The average Bonchev–Trinajstić information content (AvgIpc) is 2.54. The quantitative estimate of drug-likeness (QED) is 0.638. The van der Waals surface area contributed by atoms with Gasteiger partial charge in [-0.2, -0.15) is 0 Å². The molecular weight excluding hydrogens is 298 g/mol. The first kappa shape index (κ1) is 20.5. The smallest absolute Gasteiger partial charge is 0.282 e. The molecule has 0 spiro atoms. The van der Waals surface area contributed by atoms with Gasteiger partial charge in [0, 0.05) is 5.56 Å². The Kier molecular flexibility index (Phi) is 6.13. The van der Waals surface area contributed by atoms with Gasteiger partial charge < -0.3 is 4.74 Å². The van der Waals surface area contributed by atoms with Crippen LogP contribution in [0.3, 0.4) is 0 Å². The summed E-state index contributed by atoms with van der Waals surface area (Å²) in [6, 6.07) is 6.31. The summed E-state index contributed by atoms with van der Waals surface area (Å²) >= 11 is 0. The number of hydrogen-bond donors (Lipinski definition) is 0. The Morgan fingerprint density at radius 3 is 1.92 bits per heavy atom. The summed E-state index contributed by atoms with van der Waals surface area (Å²) in [6.07, 6.45) is 2.50. The summed E-state index contributed by atoms with van der Waals surface area (Å²) in [7, 11) is 0. The lowest BCUT2D eigenvalue weighted by molar-refractivity contribution is -0.133. The van der Waals surface area contributed by atoms with Crippen LogP contribution in [0.2, 0.25) is 0 Å². The first-order valence-corrected chi connectivity index (χ1v) is 9.03. The molecule has 0 aliphatic rings. The molecule has 0 saturated heterocycles. The van der Waals surface area contributed by atoms with E-state index in [0.717, 1.165) is 24.2 Å². The van der Waals surface area contributed by atoms with E-state index in [1.807, 2.05) is 13.0 Å². The Bertz CT molecular complexity index is 590. The van der Waals surface area contributed by atoms with Crippen molar-refractivity contribution in [1.82, 2.24) is 5.73 Å². The van der Waals surface area contributed by atoms with Crippen molar-refractivity contribution in [3.05, 3.63) is 29.3 Å². The second kappa shape index (κ2) is 7.16. The normalized spacial score (nSPS) is 15.0. The summed E-state index contributed by atoms with van der Waals surface area (Å²) in [6.45, 7) is 16.8. The number of nitrogens with one attached hydrogen (secondary N) is 1. The molecule has 24 heavy (non-hydrogen) atoms. The molecular formula is C21H34NO2. The van der Waals surface area contributed by atoms with Crippen LogP contribution in [0.15, 0.2) is 18.2 Å². The van der Waals surface area contributed by atoms with E-state index in [1.165, 1.54) is 5.56 Å². The molecule has 135 valence electrons. The maximum atomic E-state index is 11.7. The Labute approximate surface area is 148 Å². The largest absolute Gasteiger partial charge is 0.477 e. The first-order chi connectivity index (χ1) is 10.9. The van der Waals surface area contributed by atoms with Crippen LogP contribution in [0.25, 0.3) is 0 Å². The second-order valence-electron chi connectivity index (χ2n) is 8.20. The number of amides is 1. The van der Waals surface area contributed by atoms with Crippen LogP contribution < -0.4 is 10.5 Å². The number of rotatable bonds is 8. The van der Waals surface area contributed by atoms with Crippen LogP contribution in [0.4, 0.5) is 0 Å². The van der Waals surface area contributed by atoms with Gasteiger partial charge >= 0.3 is 0 Å². The minimum atomic E-state index is -1.10. The molecule has 0 aliphatic heterocycles. The van der Waals surface area contributed by atoms with E-state index in [0.29, 0.717) is 6.42 Å². The molecule has 1 aromatic rings. The lowest BCUT2D eigenvalue weighted by atomic mass is 9.76. The molecule has 0 fully saturated rings. The van der Waals surface area contributed by atoms with Crippen molar-refractivity contribution in [2.24, 2.45) is 0 Å². The topological polar surface area (TPSA) is 50.1 Å². The van der Waals surface area contributed by atoms with Crippen molar-refractivity contribution in [1.29, 1.82) is 0 Å². The molecule has 0 aromatic heterocycles. The first-order valence-electron chi connectivity index (χ1n) is 9.03. The fourth-order valence-electron chi connectivity index (χ4n) is 2.49. The van der Waals surface area contributed by atoms with Crippen LogP contribution in [0.1, 0.15) is 85.8 Å². The summed E-state index contributed by atoms with van der Waals surface area (Å²) in [4.78, 5) is 11.7. The molecule has 1 rings (SSSR count). The zero-order chi connectivity index (χ0) is 18.8. The van der Waals surface area contributed by atoms with E-state index in [9.17, 15) is 4.79 Å². The molecule has 0 heterocycles. The third-order valence-corrected chi connectivity index (χ3v) is 5.75. The van der Waals surface area contributed by atoms with Crippen LogP contribution >= 0.6 is 0 Å². The molecule has 0 aliphatic carbocycles. The number of carbonyl (C=O) groups is 1. The van der Waals surface area contributed by atoms with E-state index in [2.05, 4.69) is 53.7 Å². The minimum Gasteiger partial charge on any atom is -0.477 e. The highest BCUT2D eigenvalue weighted by atomic mass is 16.5. The van der Waals surface area contributed by atoms with Gasteiger partial charge in [0.15, 0.2) is 5.60 Å². The van der Waals surface area contributed by atoms with E-state index in [1.54, 1.807) is 6.92 Å². The molecule has 3 heteroatoms. The second-order valence-corrected chi connectivity index (χ2v) is 8.20. The molecule has 1 unspecified atom stereocenters. The summed E-state index contributed by atoms with van der Waals surface area (Å²) in [5, 5.41) is 0. The Hall–Kier alpha value is -1.51. The maximum absolute atomic E-state index is 11.7. The van der Waals surface area contributed by atoms with Crippen molar-refractivity contribution >= 4 is 5.91 Å². The van der Waals surface area contributed by atoms with Crippen molar-refractivity contribution in [2.45, 2.75) is 91.1 Å². The number of benzene rings is 1. The van der Waals surface area contributed by atoms with Crippen molar-refractivity contribution in [2.75, 3.05) is 0 Å². The maximum Gasteiger partial charge on any atom is 0.282 e. The van der Waals surface area contributed by atoms with Gasteiger partial charge in [0.25, 0.3) is 5.91 Å². The minimum absolute atomic E-state index is 0.0606. The lowest BCUT2D eigenvalue weighted by Gasteiger charge is -2.33. The van der Waals surface area contributed by atoms with Crippen molar-refractivity contribution in [3.8, 4) is 5.75 Å². The SMILES string of the molecule is CCC(C)(Oc1ccc(C(C)(C)CC)cc1C(C)(C)CC)C([NH])=O. The third-order valence-electron chi connectivity index (χ3n) is 5.75. The highest BCUT2D eigenvalue weighted by Gasteiger charge is 2.35. The van der Waals surface area contributed by atoms with Crippen LogP contribution in [0.5, 0.6) is 5.75 Å². The van der Waals surface area contributed by atoms with Crippen LogP contribution in [-0.4, -0.2) is 11.5 Å².